The second kappa shape index (κ2) is 8.97. The van der Waals surface area contributed by atoms with E-state index in [0.29, 0.717) is 18.5 Å². The van der Waals surface area contributed by atoms with E-state index in [-0.39, 0.29) is 31.2 Å². The van der Waals surface area contributed by atoms with Crippen molar-refractivity contribution >= 4 is 17.5 Å². The van der Waals surface area contributed by atoms with E-state index in [4.69, 9.17) is 0 Å². The molecule has 0 bridgehead atoms. The van der Waals surface area contributed by atoms with Crippen LogP contribution in [0.25, 0.3) is 0 Å². The molecule has 0 heterocycles. The topological polar surface area (TPSA) is 58.2 Å². The number of hydrogen-bond acceptors (Lipinski definition) is 2. The number of rotatable bonds is 5. The second-order valence-electron chi connectivity index (χ2n) is 7.93. The minimum Gasteiger partial charge on any atom is -0.352 e. The Balaban J connectivity index is 1.56. The molecule has 2 fully saturated rings. The van der Waals surface area contributed by atoms with Crippen LogP contribution >= 0.6 is 0 Å². The fraction of sp³-hybridized carbons (Fsp3) is 0.619. The lowest BCUT2D eigenvalue weighted by Crippen LogP contribution is -2.42. The summed E-state index contributed by atoms with van der Waals surface area (Å²) in [5, 5.41) is 5.56. The van der Waals surface area contributed by atoms with E-state index in [9.17, 15) is 22.8 Å². The van der Waals surface area contributed by atoms with Crippen LogP contribution in [0.15, 0.2) is 24.3 Å². The molecule has 2 aliphatic carbocycles. The Labute approximate surface area is 163 Å². The molecule has 1 aromatic rings. The number of nitrogens with one attached hydrogen (secondary N) is 2. The molecule has 2 atom stereocenters. The molecular weight excluding hydrogens is 369 g/mol. The standard InChI is InChI=1S/C21H27F3N2O2/c22-21(23,24)18-11-4-3-10-17(18)20(28)25-13-14-6-5-9-16(12-14)26-19(27)15-7-1-2-8-15/h5-6,9,12,15,17-18H,1-4,7-8,10-11,13H2,(H,25,28)(H,26,27). The van der Waals surface area contributed by atoms with Gasteiger partial charge in [-0.1, -0.05) is 37.8 Å². The maximum absolute atomic E-state index is 13.2. The smallest absolute Gasteiger partial charge is 0.352 e. The molecule has 0 aliphatic heterocycles. The third kappa shape index (κ3) is 5.26. The number of carbonyl (C=O) groups is 2. The van der Waals surface area contributed by atoms with Crippen LogP contribution in [0.4, 0.5) is 18.9 Å². The lowest BCUT2D eigenvalue weighted by Gasteiger charge is -2.32. The molecular formula is C21H27F3N2O2. The van der Waals surface area contributed by atoms with Crippen LogP contribution in [0.1, 0.15) is 56.9 Å². The summed E-state index contributed by atoms with van der Waals surface area (Å²) < 4.78 is 39.6. The number of alkyl halides is 3. The number of benzene rings is 1. The van der Waals surface area contributed by atoms with Gasteiger partial charge >= 0.3 is 6.18 Å². The van der Waals surface area contributed by atoms with Crippen molar-refractivity contribution in [2.75, 3.05) is 5.32 Å². The number of carbonyl (C=O) groups excluding carboxylic acids is 2. The summed E-state index contributed by atoms with van der Waals surface area (Å²) in [6.07, 6.45) is 1.07. The second-order valence-corrected chi connectivity index (χ2v) is 7.93. The first-order valence-electron chi connectivity index (χ1n) is 10.1. The predicted octanol–water partition coefficient (Wildman–Crippen LogP) is 4.80. The molecule has 7 heteroatoms. The molecule has 2 saturated carbocycles. The molecule has 3 rings (SSSR count). The van der Waals surface area contributed by atoms with Crippen molar-refractivity contribution in [2.45, 2.75) is 64.1 Å². The molecule has 2 aliphatic rings. The largest absolute Gasteiger partial charge is 0.392 e. The van der Waals surface area contributed by atoms with E-state index < -0.39 is 23.9 Å². The number of anilines is 1. The van der Waals surface area contributed by atoms with E-state index in [1.54, 1.807) is 24.3 Å². The van der Waals surface area contributed by atoms with E-state index in [2.05, 4.69) is 10.6 Å². The Morgan fingerprint density at radius 2 is 1.64 bits per heavy atom. The molecule has 0 radical (unpaired) electrons. The van der Waals surface area contributed by atoms with Gasteiger partial charge in [0.15, 0.2) is 0 Å². The highest BCUT2D eigenvalue weighted by Gasteiger charge is 2.47. The molecule has 2 N–H and O–H groups in total. The fourth-order valence-corrected chi connectivity index (χ4v) is 4.35. The van der Waals surface area contributed by atoms with Gasteiger partial charge in [-0.25, -0.2) is 0 Å². The lowest BCUT2D eigenvalue weighted by molar-refractivity contribution is -0.198. The third-order valence-electron chi connectivity index (χ3n) is 5.91. The van der Waals surface area contributed by atoms with Gasteiger partial charge < -0.3 is 10.6 Å². The van der Waals surface area contributed by atoms with Crippen molar-refractivity contribution in [3.05, 3.63) is 29.8 Å². The summed E-state index contributed by atoms with van der Waals surface area (Å²) in [6.45, 7) is 0.146. The van der Waals surface area contributed by atoms with E-state index >= 15 is 0 Å². The van der Waals surface area contributed by atoms with Crippen LogP contribution < -0.4 is 10.6 Å². The van der Waals surface area contributed by atoms with E-state index in [1.807, 2.05) is 0 Å². The Morgan fingerprint density at radius 3 is 2.36 bits per heavy atom. The van der Waals surface area contributed by atoms with Crippen molar-refractivity contribution < 1.29 is 22.8 Å². The van der Waals surface area contributed by atoms with Crippen LogP contribution in [0.2, 0.25) is 0 Å². The van der Waals surface area contributed by atoms with Gasteiger partial charge in [-0.15, -0.1) is 0 Å². The van der Waals surface area contributed by atoms with Crippen molar-refractivity contribution in [2.24, 2.45) is 17.8 Å². The quantitative estimate of drug-likeness (QED) is 0.751. The first-order chi connectivity index (χ1) is 13.3. The van der Waals surface area contributed by atoms with Crippen molar-refractivity contribution in [3.8, 4) is 0 Å². The van der Waals surface area contributed by atoms with Gasteiger partial charge in [0, 0.05) is 24.1 Å². The molecule has 0 aromatic heterocycles. The fourth-order valence-electron chi connectivity index (χ4n) is 4.35. The molecule has 2 unspecified atom stereocenters. The molecule has 0 saturated heterocycles. The third-order valence-corrected chi connectivity index (χ3v) is 5.91. The zero-order valence-corrected chi connectivity index (χ0v) is 15.9. The molecule has 154 valence electrons. The summed E-state index contributed by atoms with van der Waals surface area (Å²) in [5.74, 6) is -3.05. The zero-order chi connectivity index (χ0) is 20.1. The summed E-state index contributed by atoms with van der Waals surface area (Å²) in [4.78, 5) is 24.6. The SMILES string of the molecule is O=C(Nc1cccc(CNC(=O)C2CCCCC2C(F)(F)F)c1)C1CCCC1. The molecule has 28 heavy (non-hydrogen) atoms. The highest BCUT2D eigenvalue weighted by Crippen LogP contribution is 2.41. The zero-order valence-electron chi connectivity index (χ0n) is 15.9. The Hall–Kier alpha value is -2.05. The molecule has 0 spiro atoms. The molecule has 2 amide bonds. The Bertz CT molecular complexity index is 699. The van der Waals surface area contributed by atoms with Crippen LogP contribution in [0.5, 0.6) is 0 Å². The first-order valence-corrected chi connectivity index (χ1v) is 10.1. The van der Waals surface area contributed by atoms with Gasteiger partial charge in [0.1, 0.15) is 0 Å². The van der Waals surface area contributed by atoms with E-state index in [0.717, 1.165) is 31.2 Å². The average Bonchev–Trinajstić information content (AvgIpc) is 3.21. The summed E-state index contributed by atoms with van der Waals surface area (Å²) in [5.41, 5.74) is 1.39. The average molecular weight is 396 g/mol. The van der Waals surface area contributed by atoms with Gasteiger partial charge in [0.05, 0.1) is 5.92 Å². The van der Waals surface area contributed by atoms with E-state index in [1.165, 1.54) is 0 Å². The van der Waals surface area contributed by atoms with Gasteiger partial charge in [-0.3, -0.25) is 9.59 Å². The molecule has 4 nitrogen and oxygen atoms in total. The monoisotopic (exact) mass is 396 g/mol. The first kappa shape index (κ1) is 20.7. The van der Waals surface area contributed by atoms with Crippen molar-refractivity contribution in [1.82, 2.24) is 5.32 Å². The van der Waals surface area contributed by atoms with Crippen molar-refractivity contribution in [3.63, 3.8) is 0 Å². The maximum atomic E-state index is 13.2. The predicted molar refractivity (Wildman–Crippen MR) is 100 cm³/mol. The van der Waals surface area contributed by atoms with Crippen LogP contribution in [-0.4, -0.2) is 18.0 Å². The van der Waals surface area contributed by atoms with Crippen molar-refractivity contribution in [1.29, 1.82) is 0 Å². The minimum atomic E-state index is -4.34. The normalized spacial score (nSPS) is 23.4. The van der Waals surface area contributed by atoms with Crippen LogP contribution in [0, 0.1) is 17.8 Å². The maximum Gasteiger partial charge on any atom is 0.392 e. The Kier molecular flexibility index (Phi) is 6.62. The number of hydrogen-bond donors (Lipinski definition) is 2. The van der Waals surface area contributed by atoms with Gasteiger partial charge in [0.2, 0.25) is 11.8 Å². The summed E-state index contributed by atoms with van der Waals surface area (Å²) in [6, 6.07) is 7.09. The van der Waals surface area contributed by atoms with Crippen LogP contribution in [-0.2, 0) is 16.1 Å². The highest BCUT2D eigenvalue weighted by molar-refractivity contribution is 5.92. The Morgan fingerprint density at radius 1 is 0.964 bits per heavy atom. The highest BCUT2D eigenvalue weighted by atomic mass is 19.4. The minimum absolute atomic E-state index is 0.00825. The van der Waals surface area contributed by atoms with Gasteiger partial charge in [-0.05, 0) is 43.4 Å². The van der Waals surface area contributed by atoms with Gasteiger partial charge in [-0.2, -0.15) is 13.2 Å². The summed E-state index contributed by atoms with van der Waals surface area (Å²) in [7, 11) is 0. The number of halogens is 3. The number of amides is 2. The van der Waals surface area contributed by atoms with Crippen LogP contribution in [0.3, 0.4) is 0 Å². The van der Waals surface area contributed by atoms with Gasteiger partial charge in [0.25, 0.3) is 0 Å². The summed E-state index contributed by atoms with van der Waals surface area (Å²) >= 11 is 0. The molecule has 1 aromatic carbocycles. The lowest BCUT2D eigenvalue weighted by atomic mass is 9.78.